The van der Waals surface area contributed by atoms with Crippen molar-refractivity contribution in [2.24, 2.45) is 0 Å². The van der Waals surface area contributed by atoms with Gasteiger partial charge in [0.05, 0.1) is 6.61 Å². The third-order valence-electron chi connectivity index (χ3n) is 2.17. The molecule has 0 N–H and O–H groups in total. The van der Waals surface area contributed by atoms with E-state index in [2.05, 4.69) is 4.74 Å². The Morgan fingerprint density at radius 3 is 2.88 bits per heavy atom. The number of hydrogen-bond donors (Lipinski definition) is 0. The Kier molecular flexibility index (Phi) is 4.67. The molecule has 1 unspecified atom stereocenters. The van der Waals surface area contributed by atoms with Crippen LogP contribution in [0.15, 0.2) is 12.2 Å². The summed E-state index contributed by atoms with van der Waals surface area (Å²) in [5.41, 5.74) is 0. The fourth-order valence-electron chi connectivity index (χ4n) is 1.35. The molecule has 1 aliphatic rings. The molecule has 0 aromatic rings. The lowest BCUT2D eigenvalue weighted by atomic mass is 10.1. The van der Waals surface area contributed by atoms with Crippen LogP contribution < -0.4 is 0 Å². The predicted molar refractivity (Wildman–Crippen MR) is 50.9 cm³/mol. The SMILES string of the molecule is CCCCC1(OCC=C(F)F)COC(=O)O1. The maximum atomic E-state index is 11.8. The molecule has 92 valence electrons. The summed E-state index contributed by atoms with van der Waals surface area (Å²) < 4.78 is 38.3. The van der Waals surface area contributed by atoms with Crippen LogP contribution in [0.4, 0.5) is 13.6 Å². The maximum Gasteiger partial charge on any atom is 0.511 e. The average Bonchev–Trinajstić information content (AvgIpc) is 2.57. The highest BCUT2D eigenvalue weighted by Crippen LogP contribution is 2.27. The van der Waals surface area contributed by atoms with Crippen molar-refractivity contribution in [1.29, 1.82) is 0 Å². The van der Waals surface area contributed by atoms with Crippen LogP contribution in [0.25, 0.3) is 0 Å². The van der Waals surface area contributed by atoms with Crippen LogP contribution in [-0.2, 0) is 14.2 Å². The Balaban J connectivity index is 2.50. The number of carbonyl (C=O) groups is 1. The average molecular weight is 236 g/mol. The molecule has 1 atom stereocenters. The lowest BCUT2D eigenvalue weighted by Gasteiger charge is -2.24. The number of carbonyl (C=O) groups excluding carboxylic acids is 1. The highest BCUT2D eigenvalue weighted by molar-refractivity contribution is 5.62. The summed E-state index contributed by atoms with van der Waals surface area (Å²) in [6.07, 6.45) is 0.0716. The molecule has 0 bridgehead atoms. The molecular formula is C10H14F2O4. The molecule has 0 radical (unpaired) electrons. The summed E-state index contributed by atoms with van der Waals surface area (Å²) in [7, 11) is 0. The first-order valence-corrected chi connectivity index (χ1v) is 5.09. The van der Waals surface area contributed by atoms with Crippen LogP contribution in [0.3, 0.4) is 0 Å². The largest absolute Gasteiger partial charge is 0.511 e. The lowest BCUT2D eigenvalue weighted by Crippen LogP contribution is -2.35. The molecule has 0 aromatic carbocycles. The van der Waals surface area contributed by atoms with Crippen molar-refractivity contribution in [2.45, 2.75) is 32.0 Å². The van der Waals surface area contributed by atoms with Crippen molar-refractivity contribution in [2.75, 3.05) is 13.2 Å². The van der Waals surface area contributed by atoms with Crippen molar-refractivity contribution in [3.63, 3.8) is 0 Å². The van der Waals surface area contributed by atoms with Crippen molar-refractivity contribution in [3.05, 3.63) is 12.2 Å². The second kappa shape index (κ2) is 5.79. The Bertz CT molecular complexity index is 276. The van der Waals surface area contributed by atoms with Crippen molar-refractivity contribution >= 4 is 6.16 Å². The summed E-state index contributed by atoms with van der Waals surface area (Å²) in [4.78, 5) is 10.8. The van der Waals surface area contributed by atoms with Crippen molar-refractivity contribution < 1.29 is 27.8 Å². The van der Waals surface area contributed by atoms with E-state index in [1.165, 1.54) is 0 Å². The van der Waals surface area contributed by atoms with Crippen LogP contribution in [0, 0.1) is 0 Å². The summed E-state index contributed by atoms with van der Waals surface area (Å²) in [6, 6.07) is 0. The maximum absolute atomic E-state index is 11.8. The number of cyclic esters (lactones) is 2. The fraction of sp³-hybridized carbons (Fsp3) is 0.700. The van der Waals surface area contributed by atoms with Crippen molar-refractivity contribution in [3.8, 4) is 0 Å². The van der Waals surface area contributed by atoms with Gasteiger partial charge >= 0.3 is 6.16 Å². The number of halogens is 2. The predicted octanol–water partition coefficient (Wildman–Crippen LogP) is 2.84. The summed E-state index contributed by atoms with van der Waals surface area (Å²) >= 11 is 0. The molecule has 0 aliphatic carbocycles. The first-order valence-electron chi connectivity index (χ1n) is 5.09. The van der Waals surface area contributed by atoms with Gasteiger partial charge in [0, 0.05) is 12.5 Å². The molecule has 0 amide bonds. The minimum atomic E-state index is -1.82. The topological polar surface area (TPSA) is 44.8 Å². The second-order valence-corrected chi connectivity index (χ2v) is 3.46. The third kappa shape index (κ3) is 3.77. The molecule has 1 rings (SSSR count). The van der Waals surface area contributed by atoms with E-state index in [0.29, 0.717) is 12.5 Å². The van der Waals surface area contributed by atoms with Gasteiger partial charge in [-0.05, 0) is 6.42 Å². The highest BCUT2D eigenvalue weighted by Gasteiger charge is 2.42. The molecule has 16 heavy (non-hydrogen) atoms. The summed E-state index contributed by atoms with van der Waals surface area (Å²) in [5, 5.41) is 0. The van der Waals surface area contributed by atoms with E-state index in [1.807, 2.05) is 6.92 Å². The summed E-state index contributed by atoms with van der Waals surface area (Å²) in [6.45, 7) is 1.61. The van der Waals surface area contributed by atoms with Gasteiger partial charge in [0.2, 0.25) is 0 Å². The van der Waals surface area contributed by atoms with Gasteiger partial charge in [-0.15, -0.1) is 0 Å². The van der Waals surface area contributed by atoms with E-state index >= 15 is 0 Å². The van der Waals surface area contributed by atoms with Crippen LogP contribution in [0.2, 0.25) is 0 Å². The molecule has 0 aromatic heterocycles. The van der Waals surface area contributed by atoms with Gasteiger partial charge in [0.15, 0.2) is 6.61 Å². The number of ether oxygens (including phenoxy) is 3. The monoisotopic (exact) mass is 236 g/mol. The number of unbranched alkanes of at least 4 members (excludes halogenated alkanes) is 1. The Hall–Kier alpha value is -1.17. The van der Waals surface area contributed by atoms with Gasteiger partial charge in [0.25, 0.3) is 11.9 Å². The van der Waals surface area contributed by atoms with E-state index in [1.54, 1.807) is 0 Å². The fourth-order valence-corrected chi connectivity index (χ4v) is 1.35. The number of rotatable bonds is 6. The Morgan fingerprint density at radius 2 is 2.38 bits per heavy atom. The summed E-state index contributed by atoms with van der Waals surface area (Å²) in [5.74, 6) is -1.20. The minimum absolute atomic E-state index is 0.0480. The van der Waals surface area contributed by atoms with Crippen LogP contribution in [-0.4, -0.2) is 25.2 Å². The zero-order valence-corrected chi connectivity index (χ0v) is 9.00. The van der Waals surface area contributed by atoms with Crippen LogP contribution >= 0.6 is 0 Å². The number of hydrogen-bond acceptors (Lipinski definition) is 4. The molecular weight excluding hydrogens is 222 g/mol. The molecule has 4 nitrogen and oxygen atoms in total. The van der Waals surface area contributed by atoms with Crippen LogP contribution in [0.1, 0.15) is 26.2 Å². The lowest BCUT2D eigenvalue weighted by molar-refractivity contribution is -0.177. The van der Waals surface area contributed by atoms with Gasteiger partial charge in [0.1, 0.15) is 0 Å². The van der Waals surface area contributed by atoms with Crippen LogP contribution in [0.5, 0.6) is 0 Å². The van der Waals surface area contributed by atoms with Gasteiger partial charge in [-0.3, -0.25) is 0 Å². The highest BCUT2D eigenvalue weighted by atomic mass is 19.3. The van der Waals surface area contributed by atoms with Crippen molar-refractivity contribution in [1.82, 2.24) is 0 Å². The van der Waals surface area contributed by atoms with E-state index in [-0.39, 0.29) is 13.2 Å². The standard InChI is InChI=1S/C10H14F2O4/c1-2-3-5-10(7-14-9(13)16-10)15-6-4-8(11)12/h4H,2-3,5-7H2,1H3. The van der Waals surface area contributed by atoms with E-state index < -0.39 is 18.0 Å². The Morgan fingerprint density at radius 1 is 1.62 bits per heavy atom. The molecule has 1 heterocycles. The normalized spacial score (nSPS) is 23.8. The minimum Gasteiger partial charge on any atom is -0.427 e. The molecule has 0 spiro atoms. The third-order valence-corrected chi connectivity index (χ3v) is 2.17. The molecule has 1 aliphatic heterocycles. The van der Waals surface area contributed by atoms with E-state index in [9.17, 15) is 13.6 Å². The van der Waals surface area contributed by atoms with Gasteiger partial charge in [-0.1, -0.05) is 13.3 Å². The smallest absolute Gasteiger partial charge is 0.427 e. The molecule has 1 fully saturated rings. The zero-order chi connectivity index (χ0) is 12.0. The zero-order valence-electron chi connectivity index (χ0n) is 9.00. The van der Waals surface area contributed by atoms with E-state index in [0.717, 1.165) is 12.8 Å². The van der Waals surface area contributed by atoms with Gasteiger partial charge in [-0.25, -0.2) is 4.79 Å². The van der Waals surface area contributed by atoms with Gasteiger partial charge in [-0.2, -0.15) is 8.78 Å². The quantitative estimate of drug-likeness (QED) is 0.665. The van der Waals surface area contributed by atoms with E-state index in [4.69, 9.17) is 9.47 Å². The Labute approximate surface area is 92.2 Å². The first-order chi connectivity index (χ1) is 7.58. The molecule has 6 heteroatoms. The van der Waals surface area contributed by atoms with Gasteiger partial charge < -0.3 is 14.2 Å². The first kappa shape index (κ1) is 12.9. The molecule has 1 saturated heterocycles. The molecule has 0 saturated carbocycles. The second-order valence-electron chi connectivity index (χ2n) is 3.46.